The molecule has 0 saturated carbocycles. The fraction of sp³-hybridized carbons (Fsp3) is 0.214. The molecule has 2 aromatic heterocycles. The Balaban J connectivity index is 1.68. The van der Waals surface area contributed by atoms with Gasteiger partial charge in [0.2, 0.25) is 10.1 Å². The molecule has 3 aromatic rings. The molecule has 2 heterocycles. The second-order valence-electron chi connectivity index (χ2n) is 4.59. The van der Waals surface area contributed by atoms with Crippen LogP contribution < -0.4 is 15.6 Å². The first kappa shape index (κ1) is 15.3. The van der Waals surface area contributed by atoms with Gasteiger partial charge in [-0.15, -0.1) is 5.10 Å². The van der Waals surface area contributed by atoms with E-state index >= 15 is 0 Å². The number of hydrogen-bond acceptors (Lipinski definition) is 6. The molecule has 1 N–H and O–H groups in total. The van der Waals surface area contributed by atoms with Crippen molar-refractivity contribution in [2.75, 3.05) is 11.9 Å². The SMILES string of the molecule is O=c1ccnc2sc(NCc3cccc(OCC(F)F)c3)nn12. The largest absolute Gasteiger partial charge is 0.488 e. The van der Waals surface area contributed by atoms with E-state index in [4.69, 9.17) is 4.74 Å². The molecule has 0 aliphatic heterocycles. The van der Waals surface area contributed by atoms with Crippen molar-refractivity contribution in [2.45, 2.75) is 13.0 Å². The minimum Gasteiger partial charge on any atom is -0.488 e. The minimum atomic E-state index is -2.51. The van der Waals surface area contributed by atoms with Crippen LogP contribution >= 0.6 is 11.3 Å². The molecule has 23 heavy (non-hydrogen) atoms. The van der Waals surface area contributed by atoms with E-state index in [1.807, 2.05) is 6.07 Å². The quantitative estimate of drug-likeness (QED) is 0.747. The van der Waals surface area contributed by atoms with Crippen molar-refractivity contribution >= 4 is 21.4 Å². The molecule has 6 nitrogen and oxygen atoms in total. The number of ether oxygens (including phenoxy) is 1. The summed E-state index contributed by atoms with van der Waals surface area (Å²) in [6.45, 7) is -0.218. The summed E-state index contributed by atoms with van der Waals surface area (Å²) in [5, 5.41) is 7.74. The monoisotopic (exact) mass is 338 g/mol. The molecule has 0 radical (unpaired) electrons. The van der Waals surface area contributed by atoms with E-state index in [1.54, 1.807) is 18.2 Å². The molecule has 0 bridgehead atoms. The lowest BCUT2D eigenvalue weighted by Crippen LogP contribution is -2.12. The van der Waals surface area contributed by atoms with Crippen LogP contribution in [0, 0.1) is 0 Å². The highest BCUT2D eigenvalue weighted by Gasteiger charge is 2.07. The van der Waals surface area contributed by atoms with Gasteiger partial charge in [-0.3, -0.25) is 4.79 Å². The first-order chi connectivity index (χ1) is 11.1. The Morgan fingerprint density at radius 1 is 1.35 bits per heavy atom. The van der Waals surface area contributed by atoms with Gasteiger partial charge in [0, 0.05) is 18.8 Å². The van der Waals surface area contributed by atoms with Crippen molar-refractivity contribution in [3.8, 4) is 5.75 Å². The van der Waals surface area contributed by atoms with Crippen molar-refractivity contribution in [2.24, 2.45) is 0 Å². The number of fused-ring (bicyclic) bond motifs is 1. The number of hydrogen-bond donors (Lipinski definition) is 1. The predicted octanol–water partition coefficient (Wildman–Crippen LogP) is 2.41. The average molecular weight is 338 g/mol. The van der Waals surface area contributed by atoms with Gasteiger partial charge < -0.3 is 10.1 Å². The first-order valence-corrected chi connectivity index (χ1v) is 7.52. The number of nitrogens with one attached hydrogen (secondary N) is 1. The maximum atomic E-state index is 12.1. The van der Waals surface area contributed by atoms with E-state index in [0.29, 0.717) is 22.4 Å². The third-order valence-electron chi connectivity index (χ3n) is 2.89. The van der Waals surface area contributed by atoms with Gasteiger partial charge in [0.25, 0.3) is 12.0 Å². The summed E-state index contributed by atoms with van der Waals surface area (Å²) in [4.78, 5) is 16.2. The smallest absolute Gasteiger partial charge is 0.275 e. The molecule has 1 aromatic carbocycles. The topological polar surface area (TPSA) is 68.5 Å². The second-order valence-corrected chi connectivity index (χ2v) is 5.54. The zero-order chi connectivity index (χ0) is 16.2. The standard InChI is InChI=1S/C14H12F2N4O2S/c15-11(16)8-22-10-3-1-2-9(6-10)7-18-13-19-20-12(21)4-5-17-14(20)23-13/h1-6,11H,7-8H2,(H,18,19). The number of halogens is 2. The Hall–Kier alpha value is -2.55. The third-order valence-corrected chi connectivity index (χ3v) is 3.77. The Morgan fingerprint density at radius 2 is 2.22 bits per heavy atom. The van der Waals surface area contributed by atoms with Crippen molar-refractivity contribution in [3.05, 3.63) is 52.4 Å². The highest BCUT2D eigenvalue weighted by Crippen LogP contribution is 2.19. The highest BCUT2D eigenvalue weighted by molar-refractivity contribution is 7.20. The maximum Gasteiger partial charge on any atom is 0.275 e. The molecule has 3 rings (SSSR count). The van der Waals surface area contributed by atoms with Crippen LogP contribution in [0.2, 0.25) is 0 Å². The first-order valence-electron chi connectivity index (χ1n) is 6.70. The van der Waals surface area contributed by atoms with E-state index in [1.165, 1.54) is 28.1 Å². The fourth-order valence-electron chi connectivity index (χ4n) is 1.90. The predicted molar refractivity (Wildman–Crippen MR) is 82.4 cm³/mol. The van der Waals surface area contributed by atoms with Crippen molar-refractivity contribution in [1.82, 2.24) is 14.6 Å². The Morgan fingerprint density at radius 3 is 3.00 bits per heavy atom. The van der Waals surface area contributed by atoms with Crippen molar-refractivity contribution in [3.63, 3.8) is 0 Å². The highest BCUT2D eigenvalue weighted by atomic mass is 32.1. The second kappa shape index (κ2) is 6.69. The molecule has 0 fully saturated rings. The van der Waals surface area contributed by atoms with Crippen molar-refractivity contribution < 1.29 is 13.5 Å². The van der Waals surface area contributed by atoms with Gasteiger partial charge in [0.15, 0.2) is 0 Å². The normalized spacial score (nSPS) is 11.1. The number of nitrogens with zero attached hydrogens (tertiary/aromatic N) is 3. The van der Waals surface area contributed by atoms with Crippen LogP contribution in [0.3, 0.4) is 0 Å². The Bertz CT molecular complexity index is 865. The molecular formula is C14H12F2N4O2S. The maximum absolute atomic E-state index is 12.1. The van der Waals surface area contributed by atoms with Crippen LogP contribution in [0.25, 0.3) is 4.96 Å². The molecule has 0 atom stereocenters. The molecule has 9 heteroatoms. The van der Waals surface area contributed by atoms with Gasteiger partial charge >= 0.3 is 0 Å². The van der Waals surface area contributed by atoms with E-state index in [0.717, 1.165) is 5.56 Å². The number of rotatable bonds is 6. The van der Waals surface area contributed by atoms with Crippen LogP contribution in [0.4, 0.5) is 13.9 Å². The van der Waals surface area contributed by atoms with Crippen LogP contribution in [-0.4, -0.2) is 27.6 Å². The zero-order valence-electron chi connectivity index (χ0n) is 11.8. The van der Waals surface area contributed by atoms with Crippen LogP contribution in [-0.2, 0) is 6.54 Å². The number of benzene rings is 1. The van der Waals surface area contributed by atoms with E-state index in [9.17, 15) is 13.6 Å². The van der Waals surface area contributed by atoms with E-state index < -0.39 is 13.0 Å². The molecular weight excluding hydrogens is 326 g/mol. The summed E-state index contributed by atoms with van der Waals surface area (Å²) in [5.41, 5.74) is 0.595. The Kier molecular flexibility index (Phi) is 4.47. The van der Waals surface area contributed by atoms with Crippen molar-refractivity contribution in [1.29, 1.82) is 0 Å². The molecule has 120 valence electrons. The van der Waals surface area contributed by atoms with Gasteiger partial charge in [-0.2, -0.15) is 4.52 Å². The lowest BCUT2D eigenvalue weighted by atomic mass is 10.2. The van der Waals surface area contributed by atoms with Gasteiger partial charge in [0.05, 0.1) is 0 Å². The van der Waals surface area contributed by atoms with Crippen LogP contribution in [0.1, 0.15) is 5.56 Å². The lowest BCUT2D eigenvalue weighted by Gasteiger charge is -2.07. The number of aromatic nitrogens is 3. The summed E-state index contributed by atoms with van der Waals surface area (Å²) in [7, 11) is 0. The third kappa shape index (κ3) is 3.81. The van der Waals surface area contributed by atoms with Crippen LogP contribution in [0.15, 0.2) is 41.3 Å². The molecule has 0 saturated heterocycles. The van der Waals surface area contributed by atoms with Crippen LogP contribution in [0.5, 0.6) is 5.75 Å². The molecule has 0 aliphatic carbocycles. The molecule has 0 spiro atoms. The van der Waals surface area contributed by atoms with Gasteiger partial charge in [-0.05, 0) is 17.7 Å². The molecule has 0 unspecified atom stereocenters. The zero-order valence-corrected chi connectivity index (χ0v) is 12.6. The number of alkyl halides is 2. The number of anilines is 1. The molecule has 0 amide bonds. The summed E-state index contributed by atoms with van der Waals surface area (Å²) in [6, 6.07) is 8.18. The van der Waals surface area contributed by atoms with E-state index in [2.05, 4.69) is 15.4 Å². The Labute approximate surface area is 133 Å². The summed E-state index contributed by atoms with van der Waals surface area (Å²) >= 11 is 1.25. The van der Waals surface area contributed by atoms with Gasteiger partial charge in [-0.25, -0.2) is 13.8 Å². The van der Waals surface area contributed by atoms with Gasteiger partial charge in [-0.1, -0.05) is 23.5 Å². The minimum absolute atomic E-state index is 0.248. The fourth-order valence-corrected chi connectivity index (χ4v) is 2.67. The van der Waals surface area contributed by atoms with E-state index in [-0.39, 0.29) is 5.56 Å². The summed E-state index contributed by atoms with van der Waals surface area (Å²) in [6.07, 6.45) is -1.07. The average Bonchev–Trinajstić information content (AvgIpc) is 2.96. The summed E-state index contributed by atoms with van der Waals surface area (Å²) < 4.78 is 30.5. The summed E-state index contributed by atoms with van der Waals surface area (Å²) in [5.74, 6) is 0.381. The lowest BCUT2D eigenvalue weighted by molar-refractivity contribution is 0.0818. The van der Waals surface area contributed by atoms with Gasteiger partial charge in [0.1, 0.15) is 12.4 Å². The molecule has 0 aliphatic rings.